The first-order chi connectivity index (χ1) is 7.63. The summed E-state index contributed by atoms with van der Waals surface area (Å²) in [6.45, 7) is 4.12. The average Bonchev–Trinajstić information content (AvgIpc) is 2.99. The molecule has 4 heteroatoms. The highest BCUT2D eigenvalue weighted by atomic mass is 16.2. The molecule has 1 unspecified atom stereocenters. The van der Waals surface area contributed by atoms with Crippen molar-refractivity contribution in [3.05, 3.63) is 0 Å². The van der Waals surface area contributed by atoms with E-state index in [1.807, 2.05) is 4.90 Å². The molecule has 0 radical (unpaired) electrons. The van der Waals surface area contributed by atoms with Crippen LogP contribution in [0.3, 0.4) is 0 Å². The number of likely N-dealkylation sites (tertiary alicyclic amines) is 1. The molecule has 16 heavy (non-hydrogen) atoms. The van der Waals surface area contributed by atoms with Gasteiger partial charge in [-0.15, -0.1) is 0 Å². The lowest BCUT2D eigenvalue weighted by Gasteiger charge is -2.27. The van der Waals surface area contributed by atoms with Crippen LogP contribution in [-0.2, 0) is 9.59 Å². The molecule has 0 aromatic carbocycles. The predicted octanol–water partition coefficient (Wildman–Crippen LogP) is 0.914. The summed E-state index contributed by atoms with van der Waals surface area (Å²) < 4.78 is 0. The van der Waals surface area contributed by atoms with Crippen molar-refractivity contribution in [2.45, 2.75) is 44.6 Å². The van der Waals surface area contributed by atoms with Crippen molar-refractivity contribution in [1.82, 2.24) is 10.2 Å². The molecule has 1 atom stereocenters. The third-order valence-corrected chi connectivity index (χ3v) is 3.59. The zero-order valence-electron chi connectivity index (χ0n) is 9.87. The van der Waals surface area contributed by atoms with Crippen molar-refractivity contribution >= 4 is 12.3 Å². The minimum absolute atomic E-state index is 0.234. The van der Waals surface area contributed by atoms with E-state index in [1.165, 1.54) is 25.7 Å². The second-order valence-corrected chi connectivity index (χ2v) is 5.35. The van der Waals surface area contributed by atoms with Crippen LogP contribution in [0.2, 0.25) is 0 Å². The first-order valence-corrected chi connectivity index (χ1v) is 6.14. The molecule has 2 aliphatic heterocycles. The van der Waals surface area contributed by atoms with Gasteiger partial charge in [0, 0.05) is 25.0 Å². The average molecular weight is 224 g/mol. The van der Waals surface area contributed by atoms with Crippen LogP contribution in [0.4, 0.5) is 0 Å². The quantitative estimate of drug-likeness (QED) is 0.532. The number of hydrogen-bond donors (Lipinski definition) is 1. The molecule has 3 fully saturated rings. The standard InChI is InChI=1S/C7H13NO.C5H7NO/c1-7-3-2-4-8(5-7)6-9;7-4-3-5(6-4)1-2-5/h6-7H,2-5H2,1H3;1-3H2,(H,6,7). The highest BCUT2D eigenvalue weighted by Crippen LogP contribution is 2.43. The lowest BCUT2D eigenvalue weighted by molar-refractivity contribution is -0.129. The minimum Gasteiger partial charge on any atom is -0.350 e. The molecule has 0 aromatic heterocycles. The summed E-state index contributed by atoms with van der Waals surface area (Å²) in [6, 6.07) is 0. The van der Waals surface area contributed by atoms with Crippen LogP contribution >= 0.6 is 0 Å². The van der Waals surface area contributed by atoms with Crippen molar-refractivity contribution < 1.29 is 9.59 Å². The van der Waals surface area contributed by atoms with Crippen LogP contribution in [0.25, 0.3) is 0 Å². The number of amides is 2. The molecule has 2 saturated heterocycles. The Balaban J connectivity index is 0.000000123. The molecule has 1 N–H and O–H groups in total. The molecule has 1 aliphatic carbocycles. The van der Waals surface area contributed by atoms with E-state index in [1.54, 1.807) is 0 Å². The molecule has 0 bridgehead atoms. The Hall–Kier alpha value is -1.06. The first-order valence-electron chi connectivity index (χ1n) is 6.14. The van der Waals surface area contributed by atoms with Crippen molar-refractivity contribution in [3.63, 3.8) is 0 Å². The molecule has 1 spiro atoms. The van der Waals surface area contributed by atoms with Gasteiger partial charge < -0.3 is 10.2 Å². The summed E-state index contributed by atoms with van der Waals surface area (Å²) in [5.41, 5.74) is 0.344. The summed E-state index contributed by atoms with van der Waals surface area (Å²) in [7, 11) is 0. The highest BCUT2D eigenvalue weighted by molar-refractivity contribution is 5.86. The fraction of sp³-hybridized carbons (Fsp3) is 0.833. The van der Waals surface area contributed by atoms with Crippen LogP contribution in [0.15, 0.2) is 0 Å². The largest absolute Gasteiger partial charge is 0.350 e. The van der Waals surface area contributed by atoms with E-state index in [-0.39, 0.29) is 5.91 Å². The van der Waals surface area contributed by atoms with Crippen LogP contribution in [0.1, 0.15) is 39.0 Å². The van der Waals surface area contributed by atoms with E-state index in [4.69, 9.17) is 0 Å². The fourth-order valence-electron chi connectivity index (χ4n) is 2.36. The zero-order valence-corrected chi connectivity index (χ0v) is 9.87. The molecule has 0 aromatic rings. The Bertz CT molecular complexity index is 277. The smallest absolute Gasteiger partial charge is 0.222 e. The van der Waals surface area contributed by atoms with Crippen LogP contribution in [-0.4, -0.2) is 35.8 Å². The number of rotatable bonds is 1. The van der Waals surface area contributed by atoms with Gasteiger partial charge in [-0.3, -0.25) is 9.59 Å². The van der Waals surface area contributed by atoms with Gasteiger partial charge in [-0.1, -0.05) is 6.92 Å². The van der Waals surface area contributed by atoms with E-state index < -0.39 is 0 Å². The lowest BCUT2D eigenvalue weighted by atomic mass is 10.0. The van der Waals surface area contributed by atoms with Crippen LogP contribution in [0.5, 0.6) is 0 Å². The monoisotopic (exact) mass is 224 g/mol. The normalized spacial score (nSPS) is 29.7. The van der Waals surface area contributed by atoms with E-state index >= 15 is 0 Å². The second-order valence-electron chi connectivity index (χ2n) is 5.35. The van der Waals surface area contributed by atoms with Gasteiger partial charge >= 0.3 is 0 Å². The van der Waals surface area contributed by atoms with Gasteiger partial charge in [-0.2, -0.15) is 0 Å². The maximum absolute atomic E-state index is 10.2. The van der Waals surface area contributed by atoms with E-state index in [0.717, 1.165) is 25.9 Å². The molecule has 2 heterocycles. The number of β-lactam (4-membered cyclic amide) rings is 1. The third-order valence-electron chi connectivity index (χ3n) is 3.59. The lowest BCUT2D eigenvalue weighted by Crippen LogP contribution is -2.50. The Labute approximate surface area is 96.4 Å². The topological polar surface area (TPSA) is 49.4 Å². The number of nitrogens with zero attached hydrogens (tertiary/aromatic N) is 1. The molecule has 1 saturated carbocycles. The summed E-state index contributed by atoms with van der Waals surface area (Å²) in [5, 5.41) is 2.85. The zero-order chi connectivity index (χ0) is 11.6. The van der Waals surface area contributed by atoms with Crippen LogP contribution < -0.4 is 5.32 Å². The summed E-state index contributed by atoms with van der Waals surface area (Å²) >= 11 is 0. The molecule has 3 aliphatic rings. The number of carbonyl (C=O) groups is 2. The molecule has 90 valence electrons. The molecular formula is C12H20N2O2. The van der Waals surface area contributed by atoms with Crippen LogP contribution in [0, 0.1) is 5.92 Å². The second kappa shape index (κ2) is 4.44. The Morgan fingerprint density at radius 2 is 2.19 bits per heavy atom. The number of carbonyl (C=O) groups excluding carboxylic acids is 2. The SMILES string of the molecule is CC1CCCN(C=O)C1.O=C1CC2(CC2)N1. The molecular weight excluding hydrogens is 204 g/mol. The summed E-state index contributed by atoms with van der Waals surface area (Å²) in [5.74, 6) is 0.946. The summed E-state index contributed by atoms with van der Waals surface area (Å²) in [6.07, 6.45) is 6.66. The van der Waals surface area contributed by atoms with E-state index in [9.17, 15) is 9.59 Å². The predicted molar refractivity (Wildman–Crippen MR) is 60.8 cm³/mol. The Morgan fingerprint density at radius 3 is 2.50 bits per heavy atom. The Morgan fingerprint density at radius 1 is 1.50 bits per heavy atom. The van der Waals surface area contributed by atoms with Crippen molar-refractivity contribution in [2.75, 3.05) is 13.1 Å². The molecule has 4 nitrogen and oxygen atoms in total. The van der Waals surface area contributed by atoms with Crippen molar-refractivity contribution in [2.24, 2.45) is 5.92 Å². The number of nitrogens with one attached hydrogen (secondary N) is 1. The van der Waals surface area contributed by atoms with Gasteiger partial charge in [0.15, 0.2) is 0 Å². The van der Waals surface area contributed by atoms with Gasteiger partial charge in [0.2, 0.25) is 12.3 Å². The van der Waals surface area contributed by atoms with Gasteiger partial charge in [0.1, 0.15) is 0 Å². The first kappa shape index (κ1) is 11.4. The van der Waals surface area contributed by atoms with Crippen molar-refractivity contribution in [1.29, 1.82) is 0 Å². The minimum atomic E-state index is 0.234. The van der Waals surface area contributed by atoms with Gasteiger partial charge in [0.05, 0.1) is 0 Å². The van der Waals surface area contributed by atoms with Gasteiger partial charge in [-0.25, -0.2) is 0 Å². The third kappa shape index (κ3) is 2.74. The van der Waals surface area contributed by atoms with E-state index in [2.05, 4.69) is 12.2 Å². The summed E-state index contributed by atoms with van der Waals surface area (Å²) in [4.78, 5) is 22.3. The number of piperidine rings is 1. The Kier molecular flexibility index (Phi) is 3.17. The van der Waals surface area contributed by atoms with E-state index in [0.29, 0.717) is 11.5 Å². The maximum atomic E-state index is 10.2. The van der Waals surface area contributed by atoms with Crippen molar-refractivity contribution in [3.8, 4) is 0 Å². The van der Waals surface area contributed by atoms with Gasteiger partial charge in [0.25, 0.3) is 0 Å². The maximum Gasteiger partial charge on any atom is 0.222 e. The highest BCUT2D eigenvalue weighted by Gasteiger charge is 2.52. The number of hydrogen-bond acceptors (Lipinski definition) is 2. The van der Waals surface area contributed by atoms with Gasteiger partial charge in [-0.05, 0) is 31.6 Å². The molecule has 2 amide bonds. The molecule has 3 rings (SSSR count). The fourth-order valence-corrected chi connectivity index (χ4v) is 2.36.